The third kappa shape index (κ3) is 5.42. The Kier molecular flexibility index (Phi) is 7.46. The van der Waals surface area contributed by atoms with E-state index in [1.165, 1.54) is 12.1 Å². The molecule has 5 rings (SSSR count). The summed E-state index contributed by atoms with van der Waals surface area (Å²) < 4.78 is 38.9. The van der Waals surface area contributed by atoms with Gasteiger partial charge in [-0.25, -0.2) is 0 Å². The first kappa shape index (κ1) is 26.6. The highest BCUT2D eigenvalue weighted by Gasteiger charge is 2.46. The molecule has 0 bridgehead atoms. The summed E-state index contributed by atoms with van der Waals surface area (Å²) in [6.07, 6.45) is 2.87. The molecule has 2 aliphatic heterocycles. The van der Waals surface area contributed by atoms with Crippen molar-refractivity contribution in [3.8, 4) is 0 Å². The number of amides is 2. The van der Waals surface area contributed by atoms with Crippen molar-refractivity contribution in [2.75, 3.05) is 19.6 Å². The van der Waals surface area contributed by atoms with Gasteiger partial charge in [-0.05, 0) is 75.3 Å². The molecule has 2 saturated heterocycles. The van der Waals surface area contributed by atoms with Crippen molar-refractivity contribution in [1.29, 1.82) is 0 Å². The fourth-order valence-electron chi connectivity index (χ4n) is 6.48. The number of hydrogen-bond donors (Lipinski definition) is 2. The Labute approximate surface area is 220 Å². The number of nitrogens with one attached hydrogen (secondary N) is 1. The average Bonchev–Trinajstić information content (AvgIpc) is 3.36. The number of aromatic nitrogens is 1. The van der Waals surface area contributed by atoms with E-state index in [4.69, 9.17) is 0 Å². The molecule has 0 radical (unpaired) electrons. The number of piperidine rings is 1. The number of carbonyl (C=O) groups is 2. The number of aliphatic hydroxyl groups is 1. The summed E-state index contributed by atoms with van der Waals surface area (Å²) in [5.41, 5.74) is -1.20. The van der Waals surface area contributed by atoms with Crippen LogP contribution in [0.5, 0.6) is 0 Å². The zero-order valence-electron chi connectivity index (χ0n) is 21.2. The Bertz CT molecular complexity index is 1150. The molecule has 1 aliphatic carbocycles. The quantitative estimate of drug-likeness (QED) is 0.616. The lowest BCUT2D eigenvalue weighted by Gasteiger charge is -2.45. The van der Waals surface area contributed by atoms with Gasteiger partial charge >= 0.3 is 6.18 Å². The maximum Gasteiger partial charge on any atom is 0.416 e. The lowest BCUT2D eigenvalue weighted by Crippen LogP contribution is -2.56. The molecule has 3 fully saturated rings. The highest BCUT2D eigenvalue weighted by atomic mass is 19.4. The Morgan fingerprint density at radius 2 is 1.82 bits per heavy atom. The van der Waals surface area contributed by atoms with Crippen LogP contribution in [-0.2, 0) is 16.6 Å². The SMILES string of the molecule is O=C(NCC(=O)N1CCC[C@H]2[C@@H]1CCN2C1CCC(O)(c2ccccn2)CC1)c1cccc(C(F)(F)F)c1. The molecule has 3 aliphatic rings. The van der Waals surface area contributed by atoms with Crippen molar-refractivity contribution < 1.29 is 27.9 Å². The number of pyridine rings is 1. The summed E-state index contributed by atoms with van der Waals surface area (Å²) in [5, 5.41) is 13.7. The van der Waals surface area contributed by atoms with Gasteiger partial charge in [-0.15, -0.1) is 0 Å². The molecule has 10 heteroatoms. The normalized spacial score (nSPS) is 28.1. The smallest absolute Gasteiger partial charge is 0.384 e. The molecule has 3 heterocycles. The Morgan fingerprint density at radius 3 is 2.53 bits per heavy atom. The molecule has 7 nitrogen and oxygen atoms in total. The average molecular weight is 531 g/mol. The van der Waals surface area contributed by atoms with Gasteiger partial charge in [-0.2, -0.15) is 13.2 Å². The first-order valence-electron chi connectivity index (χ1n) is 13.3. The number of nitrogens with zero attached hydrogens (tertiary/aromatic N) is 3. The lowest BCUT2D eigenvalue weighted by molar-refractivity contribution is -0.137. The van der Waals surface area contributed by atoms with Crippen LogP contribution < -0.4 is 5.32 Å². The molecule has 0 spiro atoms. The Hall–Kier alpha value is -2.98. The van der Waals surface area contributed by atoms with E-state index in [0.717, 1.165) is 56.5 Å². The summed E-state index contributed by atoms with van der Waals surface area (Å²) in [6, 6.07) is 10.4. The fraction of sp³-hybridized carbons (Fsp3) is 0.536. The van der Waals surface area contributed by atoms with E-state index >= 15 is 0 Å². The van der Waals surface area contributed by atoms with Gasteiger partial charge in [0.2, 0.25) is 5.91 Å². The van der Waals surface area contributed by atoms with Crippen LogP contribution in [0.25, 0.3) is 0 Å². The molecule has 204 valence electrons. The molecule has 0 unspecified atom stereocenters. The third-order valence-electron chi connectivity index (χ3n) is 8.42. The standard InChI is InChI=1S/C28H33F3N4O3/c29-28(30,31)20-6-3-5-19(17-20)26(37)33-18-25(36)35-15-4-7-22-23(35)11-16-34(22)21-9-12-27(38,13-10-21)24-8-1-2-14-32-24/h1-3,5-6,8,14,17,21-23,38H,4,7,9-13,15-16,18H2,(H,33,37)/t21?,22-,23-,27?/m0/s1. The number of alkyl halides is 3. The molecular formula is C28H33F3N4O3. The largest absolute Gasteiger partial charge is 0.416 e. The summed E-state index contributed by atoms with van der Waals surface area (Å²) in [4.78, 5) is 34.3. The third-order valence-corrected chi connectivity index (χ3v) is 8.42. The van der Waals surface area contributed by atoms with Gasteiger partial charge in [0.05, 0.1) is 17.8 Å². The predicted molar refractivity (Wildman–Crippen MR) is 134 cm³/mol. The summed E-state index contributed by atoms with van der Waals surface area (Å²) in [7, 11) is 0. The molecule has 1 aromatic heterocycles. The van der Waals surface area contributed by atoms with E-state index in [0.29, 0.717) is 25.4 Å². The second-order valence-electron chi connectivity index (χ2n) is 10.6. The van der Waals surface area contributed by atoms with Crippen LogP contribution in [0.1, 0.15) is 66.6 Å². The molecule has 2 amide bonds. The minimum atomic E-state index is -4.54. The minimum Gasteiger partial charge on any atom is -0.384 e. The molecule has 1 saturated carbocycles. The van der Waals surface area contributed by atoms with Crippen molar-refractivity contribution in [2.24, 2.45) is 0 Å². The molecule has 2 aromatic rings. The van der Waals surface area contributed by atoms with E-state index in [9.17, 15) is 27.9 Å². The van der Waals surface area contributed by atoms with Crippen LogP contribution in [0.15, 0.2) is 48.7 Å². The van der Waals surface area contributed by atoms with E-state index < -0.39 is 23.2 Å². The van der Waals surface area contributed by atoms with Crippen molar-refractivity contribution in [3.05, 3.63) is 65.5 Å². The van der Waals surface area contributed by atoms with Crippen LogP contribution >= 0.6 is 0 Å². The molecule has 2 N–H and O–H groups in total. The van der Waals surface area contributed by atoms with Crippen LogP contribution in [0.3, 0.4) is 0 Å². The molecule has 38 heavy (non-hydrogen) atoms. The Morgan fingerprint density at radius 1 is 1.03 bits per heavy atom. The number of carbonyl (C=O) groups excluding carboxylic acids is 2. The summed E-state index contributed by atoms with van der Waals surface area (Å²) >= 11 is 0. The van der Waals surface area contributed by atoms with Crippen molar-refractivity contribution in [1.82, 2.24) is 20.1 Å². The second kappa shape index (κ2) is 10.6. The second-order valence-corrected chi connectivity index (χ2v) is 10.6. The van der Waals surface area contributed by atoms with E-state index in [1.54, 1.807) is 6.20 Å². The number of hydrogen-bond acceptors (Lipinski definition) is 5. The predicted octanol–water partition coefficient (Wildman–Crippen LogP) is 3.73. The lowest BCUT2D eigenvalue weighted by atomic mass is 9.79. The molecular weight excluding hydrogens is 497 g/mol. The number of fused-ring (bicyclic) bond motifs is 1. The number of likely N-dealkylation sites (tertiary alicyclic amines) is 2. The Balaban J connectivity index is 1.17. The summed E-state index contributed by atoms with van der Waals surface area (Å²) in [5.74, 6) is -0.913. The van der Waals surface area contributed by atoms with Crippen LogP contribution in [0.2, 0.25) is 0 Å². The van der Waals surface area contributed by atoms with Crippen LogP contribution in [0.4, 0.5) is 13.2 Å². The maximum absolute atomic E-state index is 13.1. The molecule has 2 atom stereocenters. The highest BCUT2D eigenvalue weighted by Crippen LogP contribution is 2.41. The van der Waals surface area contributed by atoms with Crippen molar-refractivity contribution >= 4 is 11.8 Å². The van der Waals surface area contributed by atoms with Crippen molar-refractivity contribution in [2.45, 2.75) is 74.8 Å². The van der Waals surface area contributed by atoms with Gasteiger partial charge in [0.15, 0.2) is 0 Å². The number of halogens is 3. The maximum atomic E-state index is 13.1. The van der Waals surface area contributed by atoms with Crippen molar-refractivity contribution in [3.63, 3.8) is 0 Å². The minimum absolute atomic E-state index is 0.0540. The van der Waals surface area contributed by atoms with Crippen LogP contribution in [-0.4, -0.2) is 69.5 Å². The fourth-order valence-corrected chi connectivity index (χ4v) is 6.48. The zero-order chi connectivity index (χ0) is 26.9. The van der Waals surface area contributed by atoms with Gasteiger partial charge in [-0.3, -0.25) is 19.5 Å². The molecule has 1 aromatic carbocycles. The first-order chi connectivity index (χ1) is 18.2. The topological polar surface area (TPSA) is 85.8 Å². The van der Waals surface area contributed by atoms with E-state index in [1.807, 2.05) is 23.1 Å². The summed E-state index contributed by atoms with van der Waals surface area (Å²) in [6.45, 7) is 1.23. The monoisotopic (exact) mass is 530 g/mol. The van der Waals surface area contributed by atoms with Crippen LogP contribution in [0, 0.1) is 0 Å². The van der Waals surface area contributed by atoms with E-state index in [-0.39, 0.29) is 30.1 Å². The van der Waals surface area contributed by atoms with E-state index in [2.05, 4.69) is 15.2 Å². The number of rotatable bonds is 5. The zero-order valence-corrected chi connectivity index (χ0v) is 21.2. The van der Waals surface area contributed by atoms with Gasteiger partial charge in [0, 0.05) is 43.0 Å². The van der Waals surface area contributed by atoms with Gasteiger partial charge in [-0.1, -0.05) is 12.1 Å². The van der Waals surface area contributed by atoms with Gasteiger partial charge in [0.1, 0.15) is 5.60 Å². The van der Waals surface area contributed by atoms with Gasteiger partial charge < -0.3 is 15.3 Å². The highest BCUT2D eigenvalue weighted by molar-refractivity contribution is 5.96. The van der Waals surface area contributed by atoms with Gasteiger partial charge in [0.25, 0.3) is 5.91 Å². The first-order valence-corrected chi connectivity index (χ1v) is 13.3. The number of benzene rings is 1.